The summed E-state index contributed by atoms with van der Waals surface area (Å²) in [4.78, 5) is 9.99. The molecule has 0 saturated heterocycles. The average Bonchev–Trinajstić information content (AvgIpc) is 3.36. The summed E-state index contributed by atoms with van der Waals surface area (Å²) in [5, 5.41) is 0. The minimum Gasteiger partial charge on any atom is -0.298 e. The van der Waals surface area contributed by atoms with Crippen LogP contribution < -0.4 is 0 Å². The Morgan fingerprint density at radius 2 is 1.21 bits per heavy atom. The van der Waals surface area contributed by atoms with Gasteiger partial charge in [0.25, 0.3) is 0 Å². The molecule has 0 bridgehead atoms. The van der Waals surface area contributed by atoms with Crippen LogP contribution in [0, 0.1) is 19.7 Å². The van der Waals surface area contributed by atoms with Crippen molar-refractivity contribution in [3.05, 3.63) is 166 Å². The summed E-state index contributed by atoms with van der Waals surface area (Å²) < 4.78 is 12.4. The van der Waals surface area contributed by atoms with E-state index in [-0.39, 0.29) is 5.56 Å². The molecule has 0 aliphatic heterocycles. The van der Waals surface area contributed by atoms with Gasteiger partial charge in [-0.15, -0.1) is 0 Å². The van der Waals surface area contributed by atoms with Crippen molar-refractivity contribution in [1.29, 1.82) is 0 Å². The Kier molecular flexibility index (Phi) is 9.00. The highest BCUT2D eigenvalue weighted by molar-refractivity contribution is 5.78. The first-order valence-corrected chi connectivity index (χ1v) is 13.0. The third kappa shape index (κ3) is 6.33. The first-order valence-electron chi connectivity index (χ1n) is 13.0. The minimum atomic E-state index is -0.465. The number of halogens is 1. The zero-order chi connectivity index (χ0) is 26.9. The molecular weight excluding hydrogens is 467 g/mol. The SMILES string of the molecule is CC(c1ccccc1)c1ccccc1.Cc1ccc2c(c1C)Cc1ccccc1-2.O=Cc1ccccc1F. The van der Waals surface area contributed by atoms with Crippen LogP contribution in [0.15, 0.2) is 121 Å². The summed E-state index contributed by atoms with van der Waals surface area (Å²) >= 11 is 0. The highest BCUT2D eigenvalue weighted by Gasteiger charge is 2.19. The molecule has 190 valence electrons. The number of aldehydes is 1. The number of benzene rings is 5. The molecule has 1 aliphatic carbocycles. The molecule has 0 amide bonds. The number of carbonyl (C=O) groups excluding carboxylic acids is 1. The zero-order valence-corrected chi connectivity index (χ0v) is 22.2. The van der Waals surface area contributed by atoms with E-state index in [4.69, 9.17) is 0 Å². The number of fused-ring (bicyclic) bond motifs is 3. The molecule has 6 rings (SSSR count). The lowest BCUT2D eigenvalue weighted by Crippen LogP contribution is -1.94. The van der Waals surface area contributed by atoms with Crippen molar-refractivity contribution in [2.24, 2.45) is 0 Å². The van der Waals surface area contributed by atoms with Gasteiger partial charge in [0.05, 0.1) is 5.56 Å². The third-order valence-corrected chi connectivity index (χ3v) is 7.18. The van der Waals surface area contributed by atoms with E-state index in [9.17, 15) is 9.18 Å². The smallest absolute Gasteiger partial charge is 0.152 e. The van der Waals surface area contributed by atoms with Gasteiger partial charge in [-0.3, -0.25) is 4.79 Å². The number of hydrogen-bond donors (Lipinski definition) is 0. The molecule has 0 radical (unpaired) electrons. The zero-order valence-electron chi connectivity index (χ0n) is 22.2. The Labute approximate surface area is 225 Å². The van der Waals surface area contributed by atoms with Crippen molar-refractivity contribution in [2.75, 3.05) is 0 Å². The highest BCUT2D eigenvalue weighted by atomic mass is 19.1. The fraction of sp³-hybridized carbons (Fsp3) is 0.139. The van der Waals surface area contributed by atoms with E-state index >= 15 is 0 Å². The topological polar surface area (TPSA) is 17.1 Å². The van der Waals surface area contributed by atoms with E-state index in [0.29, 0.717) is 12.2 Å². The molecule has 0 spiro atoms. The Morgan fingerprint density at radius 3 is 1.79 bits per heavy atom. The van der Waals surface area contributed by atoms with E-state index in [2.05, 4.69) is 118 Å². The van der Waals surface area contributed by atoms with Crippen LogP contribution in [0.4, 0.5) is 4.39 Å². The molecule has 0 N–H and O–H groups in total. The van der Waals surface area contributed by atoms with Crippen LogP contribution in [0.3, 0.4) is 0 Å². The molecule has 2 heteroatoms. The molecular formula is C36H33FO. The van der Waals surface area contributed by atoms with Crippen LogP contribution in [0.1, 0.15) is 56.6 Å². The second-order valence-corrected chi connectivity index (χ2v) is 9.55. The lowest BCUT2D eigenvalue weighted by Gasteiger charge is -2.11. The predicted molar refractivity (Wildman–Crippen MR) is 156 cm³/mol. The van der Waals surface area contributed by atoms with Gasteiger partial charge in [0.15, 0.2) is 6.29 Å². The van der Waals surface area contributed by atoms with Gasteiger partial charge in [-0.1, -0.05) is 116 Å². The van der Waals surface area contributed by atoms with Gasteiger partial charge in [-0.2, -0.15) is 0 Å². The van der Waals surface area contributed by atoms with Crippen molar-refractivity contribution in [3.63, 3.8) is 0 Å². The molecule has 1 nitrogen and oxygen atoms in total. The van der Waals surface area contributed by atoms with E-state index in [1.165, 1.54) is 56.6 Å². The number of carbonyl (C=O) groups is 1. The monoisotopic (exact) mass is 500 g/mol. The van der Waals surface area contributed by atoms with Crippen LogP contribution in [-0.4, -0.2) is 6.29 Å². The standard InChI is InChI=1S/C15H14.C14H14.C7H5FO/c1-10-7-8-14-13-6-4-3-5-12(13)9-15(14)11(10)2;1-12(13-8-4-2-5-9-13)14-10-6-3-7-11-14;8-7-4-2-1-3-6(7)5-9/h3-8H,9H2,1-2H3;2-12H,1H3;1-5H. The normalized spacial score (nSPS) is 10.9. The Hall–Kier alpha value is -4.30. The first-order chi connectivity index (χ1) is 18.5. The van der Waals surface area contributed by atoms with Crippen molar-refractivity contribution in [2.45, 2.75) is 33.1 Å². The molecule has 0 atom stereocenters. The molecule has 0 fully saturated rings. The minimum absolute atomic E-state index is 0.109. The predicted octanol–water partition coefficient (Wildman–Crippen LogP) is 9.35. The molecule has 38 heavy (non-hydrogen) atoms. The number of hydrogen-bond acceptors (Lipinski definition) is 1. The largest absolute Gasteiger partial charge is 0.298 e. The molecule has 0 saturated carbocycles. The average molecular weight is 501 g/mol. The molecule has 0 heterocycles. The molecule has 0 aromatic heterocycles. The maximum Gasteiger partial charge on any atom is 0.152 e. The third-order valence-electron chi connectivity index (χ3n) is 7.18. The van der Waals surface area contributed by atoms with Gasteiger partial charge in [-0.25, -0.2) is 4.39 Å². The molecule has 5 aromatic rings. The summed E-state index contributed by atoms with van der Waals surface area (Å²) in [6, 6.07) is 40.3. The second-order valence-electron chi connectivity index (χ2n) is 9.55. The van der Waals surface area contributed by atoms with Gasteiger partial charge in [-0.05, 0) is 76.9 Å². The maximum atomic E-state index is 12.4. The van der Waals surface area contributed by atoms with Gasteiger partial charge in [0, 0.05) is 5.92 Å². The van der Waals surface area contributed by atoms with Crippen LogP contribution in [0.2, 0.25) is 0 Å². The quantitative estimate of drug-likeness (QED) is 0.221. The summed E-state index contributed by atoms with van der Waals surface area (Å²) in [6.07, 6.45) is 1.61. The first kappa shape index (κ1) is 26.8. The van der Waals surface area contributed by atoms with Gasteiger partial charge < -0.3 is 0 Å². The summed E-state index contributed by atoms with van der Waals surface area (Å²) in [5.74, 6) is 0.0184. The van der Waals surface area contributed by atoms with Crippen molar-refractivity contribution < 1.29 is 9.18 Å². The van der Waals surface area contributed by atoms with Gasteiger partial charge >= 0.3 is 0 Å². The van der Waals surface area contributed by atoms with E-state index < -0.39 is 5.82 Å². The molecule has 0 unspecified atom stereocenters. The van der Waals surface area contributed by atoms with Crippen molar-refractivity contribution in [1.82, 2.24) is 0 Å². The van der Waals surface area contributed by atoms with Gasteiger partial charge in [0.2, 0.25) is 0 Å². The lowest BCUT2D eigenvalue weighted by molar-refractivity contribution is 0.112. The van der Waals surface area contributed by atoms with Crippen LogP contribution in [0.25, 0.3) is 11.1 Å². The van der Waals surface area contributed by atoms with E-state index in [1.54, 1.807) is 12.1 Å². The lowest BCUT2D eigenvalue weighted by atomic mass is 9.93. The van der Waals surface area contributed by atoms with E-state index in [0.717, 1.165) is 6.42 Å². The molecule has 1 aliphatic rings. The second kappa shape index (κ2) is 12.8. The summed E-state index contributed by atoms with van der Waals surface area (Å²) in [5.41, 5.74) is 11.6. The number of aryl methyl sites for hydroxylation is 1. The Balaban J connectivity index is 0.000000137. The van der Waals surface area contributed by atoms with Crippen LogP contribution in [-0.2, 0) is 6.42 Å². The molecule has 5 aromatic carbocycles. The fourth-order valence-corrected chi connectivity index (χ4v) is 4.73. The summed E-state index contributed by atoms with van der Waals surface area (Å²) in [6.45, 7) is 6.67. The summed E-state index contributed by atoms with van der Waals surface area (Å²) in [7, 11) is 0. The van der Waals surface area contributed by atoms with Crippen molar-refractivity contribution >= 4 is 6.29 Å². The van der Waals surface area contributed by atoms with E-state index in [1.807, 2.05) is 0 Å². The Bertz CT molecular complexity index is 1450. The van der Waals surface area contributed by atoms with Crippen LogP contribution in [0.5, 0.6) is 0 Å². The Morgan fingerprint density at radius 1 is 0.658 bits per heavy atom. The number of rotatable bonds is 3. The van der Waals surface area contributed by atoms with Crippen LogP contribution >= 0.6 is 0 Å². The maximum absolute atomic E-state index is 12.4. The van der Waals surface area contributed by atoms with Crippen molar-refractivity contribution in [3.8, 4) is 11.1 Å². The fourth-order valence-electron chi connectivity index (χ4n) is 4.73. The van der Waals surface area contributed by atoms with Gasteiger partial charge in [0.1, 0.15) is 5.82 Å². The highest BCUT2D eigenvalue weighted by Crippen LogP contribution is 2.38.